The fraction of sp³-hybridized carbons (Fsp3) is 0.789. The van der Waals surface area contributed by atoms with Gasteiger partial charge in [0, 0.05) is 18.1 Å². The van der Waals surface area contributed by atoms with Gasteiger partial charge in [-0.2, -0.15) is 0 Å². The number of hydrogen-bond donors (Lipinski definition) is 1. The largest absolute Gasteiger partial charge is 0.352 e. The van der Waals surface area contributed by atoms with E-state index in [4.69, 9.17) is 0 Å². The van der Waals surface area contributed by atoms with E-state index in [1.165, 1.54) is 38.5 Å². The topological polar surface area (TPSA) is 75.6 Å². The van der Waals surface area contributed by atoms with Crippen LogP contribution in [0.2, 0.25) is 0 Å². The third-order valence-electron chi connectivity index (χ3n) is 4.15. The summed E-state index contributed by atoms with van der Waals surface area (Å²) in [6, 6.07) is 0. The highest BCUT2D eigenvalue weighted by Crippen LogP contribution is 2.08. The summed E-state index contributed by atoms with van der Waals surface area (Å²) in [6.45, 7) is 3.58. The van der Waals surface area contributed by atoms with Crippen molar-refractivity contribution in [3.8, 4) is 0 Å². The second-order valence-corrected chi connectivity index (χ2v) is 7.26. The Kier molecular flexibility index (Phi) is 13.8. The van der Waals surface area contributed by atoms with E-state index in [0.29, 0.717) is 17.6 Å². The van der Waals surface area contributed by atoms with Gasteiger partial charge in [0.15, 0.2) is 6.54 Å². The molecular weight excluding hydrogens is 318 g/mol. The van der Waals surface area contributed by atoms with Crippen LogP contribution in [0.4, 0.5) is 0 Å². The normalized spacial score (nSPS) is 11.6. The van der Waals surface area contributed by atoms with Gasteiger partial charge in [0.05, 0.1) is 20.6 Å². The lowest BCUT2D eigenvalue weighted by molar-refractivity contribution is -0.882. The molecule has 0 aromatic carbocycles. The molecule has 6 nitrogen and oxygen atoms in total. The van der Waals surface area contributed by atoms with Crippen molar-refractivity contribution in [2.75, 3.05) is 33.7 Å². The van der Waals surface area contributed by atoms with Gasteiger partial charge < -0.3 is 9.80 Å². The molecule has 0 atom stereocenters. The van der Waals surface area contributed by atoms with Crippen molar-refractivity contribution in [1.82, 2.24) is 5.32 Å². The van der Waals surface area contributed by atoms with Crippen molar-refractivity contribution < 1.29 is 14.1 Å². The van der Waals surface area contributed by atoms with Crippen LogP contribution in [0.3, 0.4) is 0 Å². The number of unbranched alkanes of at least 4 members (excludes halogenated alkanes) is 7. The second kappa shape index (κ2) is 14.8. The highest BCUT2D eigenvalue weighted by Gasteiger charge is 2.19. The molecule has 0 aliphatic rings. The van der Waals surface area contributed by atoms with E-state index in [1.54, 1.807) is 6.08 Å². The van der Waals surface area contributed by atoms with Gasteiger partial charge >= 0.3 is 5.91 Å². The molecule has 0 fully saturated rings. The Morgan fingerprint density at radius 2 is 1.64 bits per heavy atom. The minimum Gasteiger partial charge on any atom is -0.352 e. The number of rotatable bonds is 15. The van der Waals surface area contributed by atoms with Crippen LogP contribution in [-0.2, 0) is 9.59 Å². The quantitative estimate of drug-likeness (QED) is 0.211. The van der Waals surface area contributed by atoms with Crippen LogP contribution < -0.4 is 5.32 Å². The number of nitrogens with zero attached hydrogens (tertiary/aromatic N) is 2. The predicted octanol–water partition coefficient (Wildman–Crippen LogP) is 3.56. The van der Waals surface area contributed by atoms with Gasteiger partial charge in [0.25, 0.3) is 0 Å². The number of carbonyl (C=O) groups is 2. The third-order valence-corrected chi connectivity index (χ3v) is 4.15. The molecule has 0 bridgehead atoms. The lowest BCUT2D eigenvalue weighted by Gasteiger charge is -2.27. The van der Waals surface area contributed by atoms with Gasteiger partial charge in [-0.05, 0) is 18.9 Å². The van der Waals surface area contributed by atoms with E-state index in [0.717, 1.165) is 19.3 Å². The zero-order valence-corrected chi connectivity index (χ0v) is 16.3. The van der Waals surface area contributed by atoms with Crippen LogP contribution in [0.5, 0.6) is 0 Å². The van der Waals surface area contributed by atoms with Crippen molar-refractivity contribution in [2.45, 2.75) is 64.7 Å². The average Bonchev–Trinajstić information content (AvgIpc) is 2.56. The lowest BCUT2D eigenvalue weighted by Crippen LogP contribution is -2.45. The monoisotopic (exact) mass is 354 g/mol. The summed E-state index contributed by atoms with van der Waals surface area (Å²) in [6.07, 6.45) is 14.2. The number of quaternary nitrogens is 1. The predicted molar refractivity (Wildman–Crippen MR) is 102 cm³/mol. The van der Waals surface area contributed by atoms with Crippen LogP contribution in [0.25, 0.3) is 0 Å². The molecule has 0 heterocycles. The first-order valence-corrected chi connectivity index (χ1v) is 9.54. The maximum Gasteiger partial charge on any atom is 0.340 e. The Labute approximate surface area is 152 Å². The van der Waals surface area contributed by atoms with E-state index < -0.39 is 5.91 Å². The molecule has 0 unspecified atom stereocenters. The van der Waals surface area contributed by atoms with Crippen molar-refractivity contribution in [2.24, 2.45) is 5.18 Å². The Morgan fingerprint density at radius 1 is 1.00 bits per heavy atom. The Hall–Kier alpha value is -1.56. The smallest absolute Gasteiger partial charge is 0.340 e. The van der Waals surface area contributed by atoms with Crippen LogP contribution >= 0.6 is 0 Å². The number of hydrogen-bond acceptors (Lipinski definition) is 3. The van der Waals surface area contributed by atoms with E-state index in [2.05, 4.69) is 17.4 Å². The van der Waals surface area contributed by atoms with Crippen molar-refractivity contribution >= 4 is 11.8 Å². The van der Waals surface area contributed by atoms with Crippen LogP contribution in [0.1, 0.15) is 64.7 Å². The Balaban J connectivity index is 3.63. The molecule has 0 aromatic rings. The van der Waals surface area contributed by atoms with E-state index in [-0.39, 0.29) is 12.5 Å². The van der Waals surface area contributed by atoms with Crippen LogP contribution in [-0.4, -0.2) is 50.0 Å². The second-order valence-electron chi connectivity index (χ2n) is 7.26. The number of likely N-dealkylation sites (N-methyl/N-ethyl adjacent to an activating group) is 1. The van der Waals surface area contributed by atoms with Gasteiger partial charge in [0.2, 0.25) is 5.91 Å². The molecule has 144 valence electrons. The van der Waals surface area contributed by atoms with Gasteiger partial charge in [-0.15, -0.1) is 4.91 Å². The first-order valence-electron chi connectivity index (χ1n) is 9.54. The summed E-state index contributed by atoms with van der Waals surface area (Å²) in [5, 5.41) is 5.26. The number of carbonyl (C=O) groups excluding carboxylic acids is 2. The molecule has 0 saturated carbocycles. The van der Waals surface area contributed by atoms with E-state index in [9.17, 15) is 14.5 Å². The number of nitroso groups, excluding NO2 is 1. The van der Waals surface area contributed by atoms with E-state index in [1.807, 2.05) is 20.2 Å². The first kappa shape index (κ1) is 23.4. The number of amides is 2. The summed E-state index contributed by atoms with van der Waals surface area (Å²) in [7, 11) is 3.74. The van der Waals surface area contributed by atoms with Gasteiger partial charge in [-0.3, -0.25) is 9.59 Å². The summed E-state index contributed by atoms with van der Waals surface area (Å²) in [5.41, 5.74) is 0. The van der Waals surface area contributed by atoms with Crippen molar-refractivity contribution in [1.29, 1.82) is 0 Å². The van der Waals surface area contributed by atoms with Gasteiger partial charge in [0.1, 0.15) is 0 Å². The first-order chi connectivity index (χ1) is 11.9. The SMILES string of the molecule is CCCCCCCCC/C=C/C(=O)NCCC[N+](C)(C)CC(=O)N=O. The van der Waals surface area contributed by atoms with Crippen molar-refractivity contribution in [3.05, 3.63) is 17.1 Å². The summed E-state index contributed by atoms with van der Waals surface area (Å²) in [4.78, 5) is 32.9. The molecule has 1 N–H and O–H groups in total. The molecule has 2 amide bonds. The van der Waals surface area contributed by atoms with Gasteiger partial charge in [-0.1, -0.05) is 51.5 Å². The zero-order valence-electron chi connectivity index (χ0n) is 16.3. The molecule has 0 aliphatic heterocycles. The molecule has 0 spiro atoms. The molecule has 0 rings (SSSR count). The number of nitrogens with one attached hydrogen (secondary N) is 1. The molecule has 6 heteroatoms. The minimum atomic E-state index is -0.637. The highest BCUT2D eigenvalue weighted by molar-refractivity contribution is 5.87. The average molecular weight is 355 g/mol. The van der Waals surface area contributed by atoms with Crippen molar-refractivity contribution in [3.63, 3.8) is 0 Å². The fourth-order valence-electron chi connectivity index (χ4n) is 2.66. The number of allylic oxidation sites excluding steroid dienone is 1. The van der Waals surface area contributed by atoms with E-state index >= 15 is 0 Å². The summed E-state index contributed by atoms with van der Waals surface area (Å²) >= 11 is 0. The highest BCUT2D eigenvalue weighted by atomic mass is 16.3. The molecule has 0 aliphatic carbocycles. The summed E-state index contributed by atoms with van der Waals surface area (Å²) in [5.74, 6) is -0.707. The Morgan fingerprint density at radius 3 is 2.28 bits per heavy atom. The Bertz CT molecular complexity index is 420. The standard InChI is InChI=1S/C19H35N3O3/c1-4-5-6-7-8-9-10-11-12-14-18(23)20-15-13-16-22(2,3)17-19(24)21-25/h12,14H,4-11,13,15-17H2,1-3H3/p+1/b14-12+. The van der Waals surface area contributed by atoms with Crippen LogP contribution in [0.15, 0.2) is 17.3 Å². The van der Waals surface area contributed by atoms with Crippen LogP contribution in [0, 0.1) is 4.91 Å². The van der Waals surface area contributed by atoms with Gasteiger partial charge in [-0.25, -0.2) is 0 Å². The maximum atomic E-state index is 11.7. The molecule has 0 aromatic heterocycles. The molecule has 25 heavy (non-hydrogen) atoms. The molecule has 0 radical (unpaired) electrons. The minimum absolute atomic E-state index is 0.0705. The maximum absolute atomic E-state index is 11.7. The zero-order chi connectivity index (χ0) is 19.0. The molecule has 0 saturated heterocycles. The summed E-state index contributed by atoms with van der Waals surface area (Å²) < 4.78 is 0.397. The lowest BCUT2D eigenvalue weighted by atomic mass is 10.1. The third kappa shape index (κ3) is 15.7. The fourth-order valence-corrected chi connectivity index (χ4v) is 2.66. The molecular formula is C19H36N3O3+.